The summed E-state index contributed by atoms with van der Waals surface area (Å²) in [5, 5.41) is 0. The summed E-state index contributed by atoms with van der Waals surface area (Å²) in [5.41, 5.74) is 13.6. The van der Waals surface area contributed by atoms with Crippen molar-refractivity contribution in [2.24, 2.45) is 11.5 Å². The van der Waals surface area contributed by atoms with Gasteiger partial charge in [0.05, 0.1) is 6.54 Å². The molecule has 0 atom stereocenters. The Labute approximate surface area is 129 Å². The van der Waals surface area contributed by atoms with Gasteiger partial charge in [-0.3, -0.25) is 16.0 Å². The van der Waals surface area contributed by atoms with Crippen molar-refractivity contribution in [1.29, 1.82) is 0 Å². The molecule has 0 bridgehead atoms. The number of para-hydroxylation sites is 2. The summed E-state index contributed by atoms with van der Waals surface area (Å²) in [6.07, 6.45) is 0. The second kappa shape index (κ2) is 6.42. The quantitative estimate of drug-likeness (QED) is 0.461. The summed E-state index contributed by atoms with van der Waals surface area (Å²) in [6.45, 7) is -0.379. The van der Waals surface area contributed by atoms with E-state index in [2.05, 4.69) is 0 Å². The predicted octanol–water partition coefficient (Wildman–Crippen LogP) is 0.788. The molecule has 0 unspecified atom stereocenters. The fourth-order valence-electron chi connectivity index (χ4n) is 2.07. The number of hydrogen-bond donors (Lipinski definition) is 4. The molecule has 7 nitrogen and oxygen atoms in total. The number of nitrogens with two attached hydrogens (primary N) is 2. The van der Waals surface area contributed by atoms with Crippen molar-refractivity contribution < 1.29 is 13.0 Å². The van der Waals surface area contributed by atoms with Crippen molar-refractivity contribution in [3.63, 3.8) is 0 Å². The first-order valence-electron chi connectivity index (χ1n) is 6.50. The van der Waals surface area contributed by atoms with Crippen LogP contribution in [0, 0.1) is 0 Å². The van der Waals surface area contributed by atoms with Crippen molar-refractivity contribution in [3.8, 4) is 0 Å². The number of anilines is 2. The molecule has 118 valence electrons. The van der Waals surface area contributed by atoms with Gasteiger partial charge in [-0.2, -0.15) is 13.1 Å². The molecule has 0 aliphatic carbocycles. The summed E-state index contributed by atoms with van der Waals surface area (Å²) >= 11 is 0. The highest BCUT2D eigenvalue weighted by atomic mass is 32.2. The first-order chi connectivity index (χ1) is 10.3. The van der Waals surface area contributed by atoms with Gasteiger partial charge in [-0.25, -0.2) is 0 Å². The van der Waals surface area contributed by atoms with Crippen molar-refractivity contribution >= 4 is 21.7 Å². The minimum Gasteiger partial charge on any atom is -0.309 e. The Kier molecular flexibility index (Phi) is 4.79. The molecule has 2 rings (SSSR count). The lowest BCUT2D eigenvalue weighted by Crippen LogP contribution is -2.67. The maximum atomic E-state index is 10.9. The molecule has 0 amide bonds. The molecule has 22 heavy (non-hydrogen) atoms. The predicted molar refractivity (Wildman–Crippen MR) is 85.7 cm³/mol. The molecule has 0 aromatic heterocycles. The Hall–Kier alpha value is -1.97. The molecular weight excluding hydrogens is 304 g/mol. The van der Waals surface area contributed by atoms with Gasteiger partial charge in [0.1, 0.15) is 0 Å². The highest BCUT2D eigenvalue weighted by molar-refractivity contribution is 7.83. The van der Waals surface area contributed by atoms with Crippen LogP contribution in [-0.4, -0.2) is 25.3 Å². The van der Waals surface area contributed by atoms with Crippen LogP contribution in [0.4, 0.5) is 11.4 Å². The van der Waals surface area contributed by atoms with Crippen LogP contribution < -0.4 is 21.1 Å². The zero-order valence-corrected chi connectivity index (χ0v) is 12.6. The molecule has 0 saturated heterocycles. The van der Waals surface area contributed by atoms with E-state index in [4.69, 9.17) is 16.0 Å². The van der Waals surface area contributed by atoms with E-state index in [1.807, 2.05) is 41.1 Å². The fourth-order valence-corrected chi connectivity index (χ4v) is 2.48. The molecule has 0 aliphatic heterocycles. The van der Waals surface area contributed by atoms with Crippen LogP contribution in [0.15, 0.2) is 60.7 Å². The highest BCUT2D eigenvalue weighted by Crippen LogP contribution is 2.28. The van der Waals surface area contributed by atoms with E-state index in [1.165, 1.54) is 0 Å². The van der Waals surface area contributed by atoms with E-state index in [-0.39, 0.29) is 6.54 Å². The van der Waals surface area contributed by atoms with Crippen molar-refractivity contribution in [1.82, 2.24) is 4.72 Å². The van der Waals surface area contributed by atoms with Crippen LogP contribution in [0.25, 0.3) is 0 Å². The van der Waals surface area contributed by atoms with Crippen molar-refractivity contribution in [2.45, 2.75) is 5.79 Å². The summed E-state index contributed by atoms with van der Waals surface area (Å²) in [7, 11) is -4.39. The van der Waals surface area contributed by atoms with Gasteiger partial charge >= 0.3 is 10.3 Å². The topological polar surface area (TPSA) is 122 Å². The zero-order chi connectivity index (χ0) is 16.2. The van der Waals surface area contributed by atoms with Gasteiger partial charge in [-0.1, -0.05) is 36.4 Å². The van der Waals surface area contributed by atoms with E-state index in [1.54, 1.807) is 29.2 Å². The highest BCUT2D eigenvalue weighted by Gasteiger charge is 2.31. The Balaban J connectivity index is 2.40. The average molecular weight is 322 g/mol. The number of nitrogens with one attached hydrogen (secondary N) is 1. The normalized spacial score (nSPS) is 12.1. The Morgan fingerprint density at radius 2 is 1.36 bits per heavy atom. The molecule has 0 heterocycles. The summed E-state index contributed by atoms with van der Waals surface area (Å²) in [5.74, 6) is -1.58. The smallest absolute Gasteiger partial charge is 0.309 e. The number of rotatable bonds is 6. The molecule has 0 saturated carbocycles. The SMILES string of the molecule is NC(N)(CNS(=O)(=O)O)N(c1ccccc1)c1ccccc1. The second-order valence-electron chi connectivity index (χ2n) is 4.79. The summed E-state index contributed by atoms with van der Waals surface area (Å²) in [4.78, 5) is 1.59. The van der Waals surface area contributed by atoms with Gasteiger partial charge in [0, 0.05) is 11.4 Å². The molecule has 0 aliphatic rings. The maximum Gasteiger partial charge on any atom is 0.333 e. The third-order valence-electron chi connectivity index (χ3n) is 2.98. The van der Waals surface area contributed by atoms with Gasteiger partial charge in [0.25, 0.3) is 0 Å². The minimum atomic E-state index is -4.39. The lowest BCUT2D eigenvalue weighted by Gasteiger charge is -2.39. The molecular formula is C14H18N4O3S. The third kappa shape index (κ3) is 4.26. The molecule has 0 radical (unpaired) electrons. The second-order valence-corrected chi connectivity index (χ2v) is 6.03. The van der Waals surface area contributed by atoms with E-state index in [0.29, 0.717) is 11.4 Å². The van der Waals surface area contributed by atoms with Crippen molar-refractivity contribution in [3.05, 3.63) is 60.7 Å². The van der Waals surface area contributed by atoms with Crippen LogP contribution in [0.1, 0.15) is 0 Å². The molecule has 2 aromatic carbocycles. The lowest BCUT2D eigenvalue weighted by atomic mass is 10.2. The van der Waals surface area contributed by atoms with Crippen LogP contribution in [-0.2, 0) is 10.3 Å². The van der Waals surface area contributed by atoms with E-state index in [0.717, 1.165) is 0 Å². The minimum absolute atomic E-state index is 0.379. The molecule has 0 fully saturated rings. The van der Waals surface area contributed by atoms with E-state index >= 15 is 0 Å². The monoisotopic (exact) mass is 322 g/mol. The van der Waals surface area contributed by atoms with Gasteiger partial charge < -0.3 is 4.90 Å². The summed E-state index contributed by atoms with van der Waals surface area (Å²) in [6, 6.07) is 18.2. The standard InChI is InChI=1S/C14H18N4O3S/c15-14(16,11-17-22(19,20)21)18(12-7-3-1-4-8-12)13-9-5-2-6-10-13/h1-10,17H,11,15-16H2,(H,19,20,21). The van der Waals surface area contributed by atoms with Gasteiger partial charge in [-0.05, 0) is 24.3 Å². The summed E-state index contributed by atoms with van der Waals surface area (Å²) < 4.78 is 32.5. The van der Waals surface area contributed by atoms with Crippen LogP contribution in [0.2, 0.25) is 0 Å². The number of benzene rings is 2. The molecule has 2 aromatic rings. The Bertz CT molecular complexity index is 666. The van der Waals surface area contributed by atoms with E-state index in [9.17, 15) is 8.42 Å². The Morgan fingerprint density at radius 3 is 1.73 bits per heavy atom. The Morgan fingerprint density at radius 1 is 0.955 bits per heavy atom. The zero-order valence-electron chi connectivity index (χ0n) is 11.8. The van der Waals surface area contributed by atoms with Crippen LogP contribution in [0.3, 0.4) is 0 Å². The lowest BCUT2D eigenvalue weighted by molar-refractivity contribution is 0.416. The maximum absolute atomic E-state index is 10.9. The van der Waals surface area contributed by atoms with Gasteiger partial charge in [0.2, 0.25) is 0 Å². The molecule has 6 N–H and O–H groups in total. The average Bonchev–Trinajstić information content (AvgIpc) is 2.47. The first-order valence-corrected chi connectivity index (χ1v) is 7.94. The fraction of sp³-hybridized carbons (Fsp3) is 0.143. The number of nitrogens with zero attached hydrogens (tertiary/aromatic N) is 1. The van der Waals surface area contributed by atoms with Crippen LogP contribution >= 0.6 is 0 Å². The van der Waals surface area contributed by atoms with Crippen molar-refractivity contribution in [2.75, 3.05) is 11.4 Å². The van der Waals surface area contributed by atoms with Gasteiger partial charge in [0.15, 0.2) is 5.79 Å². The van der Waals surface area contributed by atoms with Gasteiger partial charge in [-0.15, -0.1) is 0 Å². The largest absolute Gasteiger partial charge is 0.333 e. The molecule has 0 spiro atoms. The van der Waals surface area contributed by atoms with Crippen LogP contribution in [0.5, 0.6) is 0 Å². The first kappa shape index (κ1) is 16.4. The van der Waals surface area contributed by atoms with E-state index < -0.39 is 16.1 Å². The number of hydrogen-bond acceptors (Lipinski definition) is 5. The third-order valence-corrected chi connectivity index (χ3v) is 3.49. The molecule has 8 heteroatoms.